The van der Waals surface area contributed by atoms with Crippen molar-refractivity contribution in [3.8, 4) is 17.2 Å². The summed E-state index contributed by atoms with van der Waals surface area (Å²) in [4.78, 5) is 39.8. The van der Waals surface area contributed by atoms with E-state index in [1.54, 1.807) is 0 Å². The Labute approximate surface area is 269 Å². The minimum absolute atomic E-state index is 0.141. The highest BCUT2D eigenvalue weighted by atomic mass is 16.6. The van der Waals surface area contributed by atoms with E-state index in [0.29, 0.717) is 0 Å². The Morgan fingerprint density at radius 1 is 0.702 bits per heavy atom. The van der Waals surface area contributed by atoms with E-state index in [-0.39, 0.29) is 28.9 Å². The molecule has 5 aromatic carbocycles. The normalized spacial score (nSPS) is 13.1. The summed E-state index contributed by atoms with van der Waals surface area (Å²) in [5.41, 5.74) is -0.174. The molecule has 6 rings (SSSR count). The lowest BCUT2D eigenvalue weighted by molar-refractivity contribution is -0.0568. The third-order valence-electron chi connectivity index (χ3n) is 8.19. The maximum Gasteiger partial charge on any atom is 0.342 e. The second-order valence-electron chi connectivity index (χ2n) is 11.2. The van der Waals surface area contributed by atoms with E-state index in [0.717, 1.165) is 28.8 Å². The first-order valence-electron chi connectivity index (χ1n) is 14.8. The standard InChI is InChI=1S/C38H30O9/c1-22-17-28-33(36(44)32-29(34(28)42)18-26(39)19-30(32)41)35(43)31(22)37(45)46-20-27(40)21-47-38(23-11-5-2-6-12-23,24-13-7-3-8-14-24)25-15-9-4-10-16-25/h2-19,27,39-41,43H,20-21H2,1H3/t27-/m1/s1. The first-order valence-corrected chi connectivity index (χ1v) is 14.8. The van der Waals surface area contributed by atoms with Crippen LogP contribution in [0, 0.1) is 6.92 Å². The van der Waals surface area contributed by atoms with Crippen LogP contribution in [0.15, 0.2) is 109 Å². The highest BCUT2D eigenvalue weighted by molar-refractivity contribution is 6.31. The minimum atomic E-state index is -1.30. The zero-order valence-electron chi connectivity index (χ0n) is 25.2. The molecule has 1 aliphatic carbocycles. The number of aliphatic hydroxyl groups excluding tert-OH is 1. The molecule has 0 aromatic heterocycles. The van der Waals surface area contributed by atoms with Gasteiger partial charge in [-0.25, -0.2) is 4.79 Å². The van der Waals surface area contributed by atoms with Crippen molar-refractivity contribution in [3.63, 3.8) is 0 Å². The van der Waals surface area contributed by atoms with Gasteiger partial charge in [-0.1, -0.05) is 91.0 Å². The molecule has 0 saturated carbocycles. The molecule has 9 nitrogen and oxygen atoms in total. The molecular formula is C38H30O9. The van der Waals surface area contributed by atoms with Crippen LogP contribution in [0.4, 0.5) is 0 Å². The van der Waals surface area contributed by atoms with Crippen molar-refractivity contribution < 1.29 is 44.3 Å². The number of carbonyl (C=O) groups is 3. The molecule has 0 spiro atoms. The van der Waals surface area contributed by atoms with Gasteiger partial charge in [0.1, 0.15) is 41.1 Å². The second kappa shape index (κ2) is 12.6. The van der Waals surface area contributed by atoms with Gasteiger partial charge in [-0.3, -0.25) is 9.59 Å². The molecule has 236 valence electrons. The van der Waals surface area contributed by atoms with Crippen molar-refractivity contribution in [1.29, 1.82) is 0 Å². The summed E-state index contributed by atoms with van der Waals surface area (Å²) in [5, 5.41) is 42.3. The van der Waals surface area contributed by atoms with Crippen LogP contribution in [0.2, 0.25) is 0 Å². The summed E-state index contributed by atoms with van der Waals surface area (Å²) < 4.78 is 12.0. The highest BCUT2D eigenvalue weighted by Gasteiger charge is 2.39. The lowest BCUT2D eigenvalue weighted by atomic mass is 9.80. The molecule has 1 atom stereocenters. The van der Waals surface area contributed by atoms with E-state index in [1.165, 1.54) is 13.0 Å². The zero-order chi connectivity index (χ0) is 33.3. The van der Waals surface area contributed by atoms with Crippen molar-refractivity contribution in [2.45, 2.75) is 18.6 Å². The highest BCUT2D eigenvalue weighted by Crippen LogP contribution is 2.42. The fourth-order valence-electron chi connectivity index (χ4n) is 6.05. The van der Waals surface area contributed by atoms with Crippen LogP contribution in [0.5, 0.6) is 17.2 Å². The molecule has 0 heterocycles. The van der Waals surface area contributed by atoms with Gasteiger partial charge in [0.05, 0.1) is 17.7 Å². The average Bonchev–Trinajstić information content (AvgIpc) is 3.07. The van der Waals surface area contributed by atoms with Gasteiger partial charge >= 0.3 is 5.97 Å². The fourth-order valence-corrected chi connectivity index (χ4v) is 6.05. The number of aromatic hydroxyl groups is 3. The molecular weight excluding hydrogens is 600 g/mol. The number of hydrogen-bond acceptors (Lipinski definition) is 9. The Morgan fingerprint density at radius 3 is 1.74 bits per heavy atom. The number of benzene rings is 5. The molecule has 1 aliphatic rings. The summed E-state index contributed by atoms with van der Waals surface area (Å²) in [6.45, 7) is 0.688. The van der Waals surface area contributed by atoms with Crippen LogP contribution in [0.25, 0.3) is 0 Å². The summed E-state index contributed by atoms with van der Waals surface area (Å²) >= 11 is 0. The molecule has 4 N–H and O–H groups in total. The van der Waals surface area contributed by atoms with Crippen LogP contribution in [-0.2, 0) is 15.1 Å². The Balaban J connectivity index is 1.25. The zero-order valence-corrected chi connectivity index (χ0v) is 25.2. The number of ketones is 2. The Hall–Kier alpha value is -5.77. The molecule has 0 radical (unpaired) electrons. The third kappa shape index (κ3) is 5.52. The lowest BCUT2D eigenvalue weighted by Gasteiger charge is -2.36. The molecule has 47 heavy (non-hydrogen) atoms. The van der Waals surface area contributed by atoms with E-state index in [9.17, 15) is 34.8 Å². The van der Waals surface area contributed by atoms with Crippen LogP contribution < -0.4 is 0 Å². The van der Waals surface area contributed by atoms with Crippen molar-refractivity contribution in [2.24, 2.45) is 0 Å². The van der Waals surface area contributed by atoms with Crippen molar-refractivity contribution in [1.82, 2.24) is 0 Å². The SMILES string of the molecule is Cc1cc2c(c(O)c1C(=O)OC[C@@H](O)COC(c1ccccc1)(c1ccccc1)c1ccccc1)C(=O)c1c(O)cc(O)cc1C2=O. The average molecular weight is 631 g/mol. The summed E-state index contributed by atoms with van der Waals surface area (Å²) in [6, 6.07) is 31.9. The van der Waals surface area contributed by atoms with Gasteiger partial charge in [0.2, 0.25) is 5.78 Å². The summed E-state index contributed by atoms with van der Waals surface area (Å²) in [5.74, 6) is -4.50. The monoisotopic (exact) mass is 630 g/mol. The van der Waals surface area contributed by atoms with Crippen LogP contribution in [-0.4, -0.2) is 57.3 Å². The summed E-state index contributed by atoms with van der Waals surface area (Å²) in [6.07, 6.45) is -1.30. The van der Waals surface area contributed by atoms with Gasteiger partial charge < -0.3 is 29.9 Å². The first-order chi connectivity index (χ1) is 22.6. The molecule has 0 saturated heterocycles. The van der Waals surface area contributed by atoms with E-state index in [1.807, 2.05) is 91.0 Å². The molecule has 0 fully saturated rings. The van der Waals surface area contributed by atoms with Crippen molar-refractivity contribution >= 4 is 17.5 Å². The number of phenolic OH excluding ortho intramolecular Hbond substituents is 3. The van der Waals surface area contributed by atoms with Gasteiger partial charge in [0, 0.05) is 17.2 Å². The Morgan fingerprint density at radius 2 is 1.21 bits per heavy atom. The van der Waals surface area contributed by atoms with Gasteiger partial charge in [-0.15, -0.1) is 0 Å². The predicted octanol–water partition coefficient (Wildman–Crippen LogP) is 5.41. The maximum absolute atomic E-state index is 13.3. The number of carbonyl (C=O) groups excluding carboxylic acids is 3. The topological polar surface area (TPSA) is 151 Å². The minimum Gasteiger partial charge on any atom is -0.508 e. The number of aryl methyl sites for hydroxylation is 1. The number of ether oxygens (including phenoxy) is 2. The van der Waals surface area contributed by atoms with Gasteiger partial charge in [-0.2, -0.15) is 0 Å². The van der Waals surface area contributed by atoms with Gasteiger partial charge in [-0.05, 0) is 41.3 Å². The molecule has 0 unspecified atom stereocenters. The van der Waals surface area contributed by atoms with Crippen LogP contribution in [0.3, 0.4) is 0 Å². The number of aliphatic hydroxyl groups is 1. The first kappa shape index (κ1) is 31.2. The van der Waals surface area contributed by atoms with Gasteiger partial charge in [0.25, 0.3) is 0 Å². The van der Waals surface area contributed by atoms with Gasteiger partial charge in [0.15, 0.2) is 5.78 Å². The Kier molecular flexibility index (Phi) is 8.34. The molecule has 5 aromatic rings. The third-order valence-corrected chi connectivity index (χ3v) is 8.19. The van der Waals surface area contributed by atoms with E-state index < -0.39 is 64.2 Å². The maximum atomic E-state index is 13.3. The molecule has 0 aliphatic heterocycles. The second-order valence-corrected chi connectivity index (χ2v) is 11.2. The Bertz CT molecular complexity index is 1890. The number of fused-ring (bicyclic) bond motifs is 2. The quantitative estimate of drug-likeness (QED) is 0.121. The molecule has 9 heteroatoms. The van der Waals surface area contributed by atoms with Crippen molar-refractivity contribution in [2.75, 3.05) is 13.2 Å². The van der Waals surface area contributed by atoms with Crippen LogP contribution in [0.1, 0.15) is 64.5 Å². The van der Waals surface area contributed by atoms with E-state index in [4.69, 9.17) is 9.47 Å². The number of hydrogen-bond donors (Lipinski definition) is 4. The number of esters is 1. The number of rotatable bonds is 9. The number of phenols is 3. The molecule has 0 bridgehead atoms. The lowest BCUT2D eigenvalue weighted by Crippen LogP contribution is -2.37. The van der Waals surface area contributed by atoms with E-state index >= 15 is 0 Å². The van der Waals surface area contributed by atoms with Crippen molar-refractivity contribution in [3.05, 3.63) is 159 Å². The predicted molar refractivity (Wildman–Crippen MR) is 171 cm³/mol. The van der Waals surface area contributed by atoms with Crippen LogP contribution >= 0.6 is 0 Å². The fraction of sp³-hybridized carbons (Fsp3) is 0.132. The smallest absolute Gasteiger partial charge is 0.342 e. The largest absolute Gasteiger partial charge is 0.508 e. The molecule has 0 amide bonds. The summed E-state index contributed by atoms with van der Waals surface area (Å²) in [7, 11) is 0. The van der Waals surface area contributed by atoms with E-state index in [2.05, 4.69) is 0 Å².